The van der Waals surface area contributed by atoms with E-state index in [-0.39, 0.29) is 0 Å². The van der Waals surface area contributed by atoms with E-state index in [0.717, 1.165) is 35.6 Å². The molecule has 40 heavy (non-hydrogen) atoms. The molecule has 0 aromatic carbocycles. The van der Waals surface area contributed by atoms with Gasteiger partial charge in [0, 0.05) is 30.6 Å². The lowest BCUT2D eigenvalue weighted by atomic mass is 10.1. The molecule has 2 N–H and O–H groups in total. The Balaban J connectivity index is -0.000000396. The van der Waals surface area contributed by atoms with Gasteiger partial charge in [0.15, 0.2) is 0 Å². The van der Waals surface area contributed by atoms with Gasteiger partial charge in [-0.3, -0.25) is 0 Å². The first-order valence-electron chi connectivity index (χ1n) is 17.1. The zero-order chi connectivity index (χ0) is 31.0. The molecule has 2 bridgehead atoms. The van der Waals surface area contributed by atoms with Crippen molar-refractivity contribution in [1.82, 2.24) is 10.6 Å². The highest BCUT2D eigenvalue weighted by atomic mass is 32.2. The van der Waals surface area contributed by atoms with Crippen molar-refractivity contribution in [2.75, 3.05) is 54.2 Å². The molecule has 4 aliphatic heterocycles. The SMILES string of the molecule is C1CC2CC1CN2.C1CCSC1.C1CCSCC1.C1CSCCN1.CC(C)C.CC(C)C.CC(C)C.CC(C)C. The van der Waals surface area contributed by atoms with Crippen LogP contribution in [0.3, 0.4) is 0 Å². The fourth-order valence-electron chi connectivity index (χ4n) is 3.49. The predicted octanol–water partition coefficient (Wildman–Crippen LogP) is 11.1. The highest BCUT2D eigenvalue weighted by Gasteiger charge is 2.30. The van der Waals surface area contributed by atoms with Gasteiger partial charge in [0.1, 0.15) is 0 Å². The van der Waals surface area contributed by atoms with E-state index in [2.05, 4.69) is 117 Å². The summed E-state index contributed by atoms with van der Waals surface area (Å²) in [5.41, 5.74) is 0. The average Bonchev–Trinajstić information content (AvgIpc) is 3.68. The van der Waals surface area contributed by atoms with Crippen LogP contribution in [0, 0.1) is 29.6 Å². The predicted molar refractivity (Wildman–Crippen MR) is 199 cm³/mol. The summed E-state index contributed by atoms with van der Waals surface area (Å²) >= 11 is 6.20. The summed E-state index contributed by atoms with van der Waals surface area (Å²) in [6, 6.07) is 0.921. The van der Waals surface area contributed by atoms with Crippen molar-refractivity contribution in [3.8, 4) is 0 Å². The molecular weight excluding hydrogens is 545 g/mol. The van der Waals surface area contributed by atoms with Crippen LogP contribution in [0.4, 0.5) is 0 Å². The molecule has 4 heterocycles. The van der Waals surface area contributed by atoms with E-state index in [1.165, 1.54) is 106 Å². The maximum atomic E-state index is 3.46. The van der Waals surface area contributed by atoms with Gasteiger partial charge in [0.05, 0.1) is 0 Å². The molecule has 1 saturated carbocycles. The second-order valence-electron chi connectivity index (χ2n) is 14.1. The zero-order valence-electron chi connectivity index (χ0n) is 29.7. The number of rotatable bonds is 0. The van der Waals surface area contributed by atoms with Crippen LogP contribution in [0.2, 0.25) is 0 Å². The second kappa shape index (κ2) is 36.2. The van der Waals surface area contributed by atoms with Crippen molar-refractivity contribution in [3.05, 3.63) is 0 Å². The minimum atomic E-state index is 0.833. The smallest absolute Gasteiger partial charge is 0.00704 e. The van der Waals surface area contributed by atoms with Crippen LogP contribution in [0.5, 0.6) is 0 Å². The number of fused-ring (bicyclic) bond motifs is 2. The van der Waals surface area contributed by atoms with Crippen LogP contribution in [-0.2, 0) is 0 Å². The second-order valence-corrected chi connectivity index (χ2v) is 17.7. The number of thioether (sulfide) groups is 3. The molecule has 4 saturated heterocycles. The Labute approximate surface area is 269 Å². The van der Waals surface area contributed by atoms with E-state index < -0.39 is 0 Å². The summed E-state index contributed by atoms with van der Waals surface area (Å²) in [6.07, 6.45) is 11.8. The van der Waals surface area contributed by atoms with E-state index in [1.54, 1.807) is 0 Å². The molecule has 2 nitrogen and oxygen atoms in total. The van der Waals surface area contributed by atoms with Gasteiger partial charge < -0.3 is 10.6 Å². The Morgan fingerprint density at radius 2 is 0.825 bits per heavy atom. The van der Waals surface area contributed by atoms with Crippen LogP contribution in [0.25, 0.3) is 0 Å². The molecular formula is C35H78N2S3. The molecule has 0 spiro atoms. The Morgan fingerprint density at radius 1 is 0.475 bits per heavy atom. The van der Waals surface area contributed by atoms with Gasteiger partial charge in [0.2, 0.25) is 0 Å². The Bertz CT molecular complexity index is 337. The Hall–Kier alpha value is 0.970. The van der Waals surface area contributed by atoms with Crippen LogP contribution in [0.1, 0.15) is 134 Å². The third kappa shape index (κ3) is 55.0. The van der Waals surface area contributed by atoms with Gasteiger partial charge in [0.25, 0.3) is 0 Å². The van der Waals surface area contributed by atoms with Crippen LogP contribution >= 0.6 is 35.3 Å². The van der Waals surface area contributed by atoms with E-state index >= 15 is 0 Å². The lowest BCUT2D eigenvalue weighted by Gasteiger charge is -2.08. The van der Waals surface area contributed by atoms with Crippen molar-refractivity contribution in [3.63, 3.8) is 0 Å². The molecule has 0 aromatic heterocycles. The van der Waals surface area contributed by atoms with Gasteiger partial charge in [-0.2, -0.15) is 35.3 Å². The zero-order valence-corrected chi connectivity index (χ0v) is 32.2. The van der Waals surface area contributed by atoms with Gasteiger partial charge >= 0.3 is 0 Å². The highest BCUT2D eigenvalue weighted by molar-refractivity contribution is 7.99. The molecule has 0 amide bonds. The highest BCUT2D eigenvalue weighted by Crippen LogP contribution is 2.29. The van der Waals surface area contributed by atoms with Gasteiger partial charge in [-0.1, -0.05) is 89.5 Å². The summed E-state index contributed by atoms with van der Waals surface area (Å²) in [4.78, 5) is 0. The van der Waals surface area contributed by atoms with Crippen molar-refractivity contribution >= 4 is 35.3 Å². The van der Waals surface area contributed by atoms with Crippen LogP contribution in [-0.4, -0.2) is 60.2 Å². The van der Waals surface area contributed by atoms with E-state index in [0.29, 0.717) is 0 Å². The molecule has 0 aromatic rings. The van der Waals surface area contributed by atoms with Crippen molar-refractivity contribution in [1.29, 1.82) is 0 Å². The first kappa shape index (κ1) is 45.4. The summed E-state index contributed by atoms with van der Waals surface area (Å²) in [6.45, 7) is 29.7. The largest absolute Gasteiger partial charge is 0.315 e. The lowest BCUT2D eigenvalue weighted by Crippen LogP contribution is -2.24. The molecule has 5 fully saturated rings. The van der Waals surface area contributed by atoms with Gasteiger partial charge in [-0.25, -0.2) is 0 Å². The van der Waals surface area contributed by atoms with Crippen LogP contribution < -0.4 is 10.6 Å². The van der Waals surface area contributed by atoms with Crippen molar-refractivity contribution < 1.29 is 0 Å². The summed E-state index contributed by atoms with van der Waals surface area (Å²) < 4.78 is 0. The summed E-state index contributed by atoms with van der Waals surface area (Å²) in [5, 5.41) is 6.72. The quantitative estimate of drug-likeness (QED) is 0.280. The normalized spacial score (nSPS) is 22.2. The summed E-state index contributed by atoms with van der Waals surface area (Å²) in [5.74, 6) is 12.7. The molecule has 5 aliphatic rings. The first-order valence-corrected chi connectivity index (χ1v) is 20.5. The number of hydrogen-bond acceptors (Lipinski definition) is 5. The van der Waals surface area contributed by atoms with E-state index in [9.17, 15) is 0 Å². The fraction of sp³-hybridized carbons (Fsp3) is 1.00. The van der Waals surface area contributed by atoms with Gasteiger partial charge in [-0.15, -0.1) is 0 Å². The van der Waals surface area contributed by atoms with Crippen molar-refractivity contribution in [2.24, 2.45) is 29.6 Å². The topological polar surface area (TPSA) is 24.1 Å². The molecule has 246 valence electrons. The monoisotopic (exact) mass is 623 g/mol. The Morgan fingerprint density at radius 3 is 0.925 bits per heavy atom. The van der Waals surface area contributed by atoms with Crippen LogP contribution in [0.15, 0.2) is 0 Å². The van der Waals surface area contributed by atoms with Crippen molar-refractivity contribution in [2.45, 2.75) is 140 Å². The minimum absolute atomic E-state index is 0.833. The maximum absolute atomic E-state index is 3.46. The first-order chi connectivity index (χ1) is 18.9. The number of hydrogen-bond donors (Lipinski definition) is 2. The maximum Gasteiger partial charge on any atom is 0.00704 e. The fourth-order valence-corrected chi connectivity index (χ4v) is 6.31. The molecule has 2 atom stereocenters. The third-order valence-corrected chi connectivity index (χ3v) is 8.28. The number of piperidine rings is 1. The number of nitrogens with one attached hydrogen (secondary N) is 2. The molecule has 1 aliphatic carbocycles. The standard InChI is InChI=1S/C6H11N.C5H10S.C4H9NS.C4H8S.4C4H10/c1-2-6-3-5(1)4-7-6;1-2-4-6-5-3-1;1-3-6-4-2-5-1;1-2-4-5-3-1;4*1-4(2)3/h5-7H,1-4H2;1-5H2;5H,1-4H2;1-4H2;4*4H,1-3H3. The minimum Gasteiger partial charge on any atom is -0.315 e. The molecule has 5 rings (SSSR count). The third-order valence-electron chi connectivity index (χ3n) is 4.99. The van der Waals surface area contributed by atoms with E-state index in [1.807, 2.05) is 11.8 Å². The van der Waals surface area contributed by atoms with Gasteiger partial charge in [-0.05, 0) is 104 Å². The van der Waals surface area contributed by atoms with E-state index in [4.69, 9.17) is 0 Å². The molecule has 5 heteroatoms. The lowest BCUT2D eigenvalue weighted by molar-refractivity contribution is 0.504. The summed E-state index contributed by atoms with van der Waals surface area (Å²) in [7, 11) is 0. The average molecular weight is 623 g/mol. The molecule has 0 radical (unpaired) electrons. The molecule has 2 unspecified atom stereocenters. The Kier molecular flexibility index (Phi) is 41.0.